The van der Waals surface area contributed by atoms with E-state index in [1.165, 1.54) is 6.42 Å². The van der Waals surface area contributed by atoms with Crippen molar-refractivity contribution in [2.75, 3.05) is 6.61 Å². The van der Waals surface area contributed by atoms with Gasteiger partial charge in [0.05, 0.1) is 12.5 Å². The first-order valence-corrected chi connectivity index (χ1v) is 4.36. The van der Waals surface area contributed by atoms with E-state index in [0.717, 1.165) is 6.42 Å². The highest BCUT2D eigenvalue weighted by atomic mass is 16.5. The number of carbonyl (C=O) groups is 1. The van der Waals surface area contributed by atoms with Gasteiger partial charge in [0.1, 0.15) is 0 Å². The summed E-state index contributed by atoms with van der Waals surface area (Å²) >= 11 is 0. The predicted octanol–water partition coefficient (Wildman–Crippen LogP) is 1.02. The second kappa shape index (κ2) is 1.79. The molecule has 59 valence electrons. The standard InChI is InChI=1S/C9H11O2/c10-9-8-6-2-1-5(3-6)7(8)4-11-9/h1,5-8H,2-4H2. The molecule has 0 amide bonds. The van der Waals surface area contributed by atoms with E-state index in [-0.39, 0.29) is 11.9 Å². The highest BCUT2D eigenvalue weighted by Crippen LogP contribution is 2.54. The fourth-order valence-corrected chi connectivity index (χ4v) is 3.02. The molecule has 0 aromatic heterocycles. The Morgan fingerprint density at radius 2 is 2.45 bits per heavy atom. The van der Waals surface area contributed by atoms with Crippen molar-refractivity contribution >= 4 is 5.97 Å². The summed E-state index contributed by atoms with van der Waals surface area (Å²) in [5.74, 6) is 2.26. The van der Waals surface area contributed by atoms with Gasteiger partial charge >= 0.3 is 5.97 Å². The molecular weight excluding hydrogens is 140 g/mol. The van der Waals surface area contributed by atoms with Crippen LogP contribution in [0.2, 0.25) is 0 Å². The molecule has 2 aliphatic carbocycles. The molecule has 3 aliphatic rings. The van der Waals surface area contributed by atoms with Crippen LogP contribution in [0, 0.1) is 30.1 Å². The van der Waals surface area contributed by atoms with Crippen molar-refractivity contribution in [3.05, 3.63) is 6.42 Å². The molecule has 1 heterocycles. The lowest BCUT2D eigenvalue weighted by Crippen LogP contribution is -2.23. The monoisotopic (exact) mass is 151 g/mol. The van der Waals surface area contributed by atoms with Crippen LogP contribution >= 0.6 is 0 Å². The molecule has 2 bridgehead atoms. The minimum atomic E-state index is 0.0793. The normalized spacial score (nSPS) is 52.9. The Balaban J connectivity index is 1.97. The molecule has 2 heteroatoms. The first-order chi connectivity index (χ1) is 5.36. The van der Waals surface area contributed by atoms with Crippen molar-refractivity contribution in [3.8, 4) is 0 Å². The summed E-state index contributed by atoms with van der Waals surface area (Å²) in [5.41, 5.74) is 0. The number of carbonyl (C=O) groups excluding carboxylic acids is 1. The van der Waals surface area contributed by atoms with Crippen molar-refractivity contribution in [2.45, 2.75) is 12.8 Å². The average Bonchev–Trinajstić information content (AvgIpc) is 2.60. The molecule has 1 radical (unpaired) electrons. The first-order valence-electron chi connectivity index (χ1n) is 4.36. The molecule has 2 saturated carbocycles. The lowest BCUT2D eigenvalue weighted by molar-refractivity contribution is -0.142. The van der Waals surface area contributed by atoms with Crippen molar-refractivity contribution in [2.24, 2.45) is 23.7 Å². The number of cyclic esters (lactones) is 1. The van der Waals surface area contributed by atoms with E-state index in [4.69, 9.17) is 4.74 Å². The predicted molar refractivity (Wildman–Crippen MR) is 38.5 cm³/mol. The second-order valence-electron chi connectivity index (χ2n) is 3.95. The van der Waals surface area contributed by atoms with E-state index in [9.17, 15) is 4.79 Å². The summed E-state index contributed by atoms with van der Waals surface area (Å²) in [6, 6.07) is 0. The van der Waals surface area contributed by atoms with E-state index >= 15 is 0 Å². The quantitative estimate of drug-likeness (QED) is 0.483. The number of hydrogen-bond donors (Lipinski definition) is 0. The highest BCUT2D eigenvalue weighted by Gasteiger charge is 2.55. The lowest BCUT2D eigenvalue weighted by atomic mass is 9.81. The Bertz CT molecular complexity index is 212. The molecule has 3 rings (SSSR count). The van der Waals surface area contributed by atoms with Crippen LogP contribution in [0.15, 0.2) is 0 Å². The van der Waals surface area contributed by atoms with Gasteiger partial charge in [0.2, 0.25) is 0 Å². The molecule has 1 aliphatic heterocycles. The Hall–Kier alpha value is -0.530. The Kier molecular flexibility index (Phi) is 0.984. The number of ether oxygens (including phenoxy) is 1. The van der Waals surface area contributed by atoms with E-state index in [2.05, 4.69) is 6.42 Å². The fraction of sp³-hybridized carbons (Fsp3) is 0.778. The van der Waals surface area contributed by atoms with Crippen molar-refractivity contribution in [1.82, 2.24) is 0 Å². The van der Waals surface area contributed by atoms with Gasteiger partial charge in [0.25, 0.3) is 0 Å². The van der Waals surface area contributed by atoms with Gasteiger partial charge in [-0.15, -0.1) is 0 Å². The zero-order valence-corrected chi connectivity index (χ0v) is 6.32. The number of fused-ring (bicyclic) bond motifs is 5. The molecule has 0 N–H and O–H groups in total. The third kappa shape index (κ3) is 0.608. The second-order valence-corrected chi connectivity index (χ2v) is 3.95. The topological polar surface area (TPSA) is 26.3 Å². The SMILES string of the molecule is O=C1OCC2C3[CH]CC(C3)C12. The molecule has 3 fully saturated rings. The van der Waals surface area contributed by atoms with Crippen LogP contribution in [0.25, 0.3) is 0 Å². The molecule has 0 aromatic rings. The third-order valence-corrected chi connectivity index (χ3v) is 3.53. The minimum Gasteiger partial charge on any atom is -0.465 e. The molecule has 0 spiro atoms. The van der Waals surface area contributed by atoms with E-state index in [1.807, 2.05) is 0 Å². The van der Waals surface area contributed by atoms with Crippen LogP contribution in [0.5, 0.6) is 0 Å². The molecule has 11 heavy (non-hydrogen) atoms. The van der Waals surface area contributed by atoms with Gasteiger partial charge in [-0.3, -0.25) is 4.79 Å². The molecule has 2 nitrogen and oxygen atoms in total. The lowest BCUT2D eigenvalue weighted by Gasteiger charge is -2.18. The molecular formula is C9H11O2. The zero-order chi connectivity index (χ0) is 7.42. The maximum atomic E-state index is 11.2. The van der Waals surface area contributed by atoms with Crippen LogP contribution in [-0.2, 0) is 9.53 Å². The first kappa shape index (κ1) is 6.04. The summed E-state index contributed by atoms with van der Waals surface area (Å²) in [6.45, 7) is 0.696. The third-order valence-electron chi connectivity index (χ3n) is 3.53. The van der Waals surface area contributed by atoms with Crippen LogP contribution in [0.4, 0.5) is 0 Å². The van der Waals surface area contributed by atoms with Crippen molar-refractivity contribution < 1.29 is 9.53 Å². The van der Waals surface area contributed by atoms with Crippen molar-refractivity contribution in [1.29, 1.82) is 0 Å². The number of rotatable bonds is 0. The number of hydrogen-bond acceptors (Lipinski definition) is 2. The molecule has 4 unspecified atom stereocenters. The Labute approximate surface area is 65.9 Å². The van der Waals surface area contributed by atoms with Gasteiger partial charge in [-0.05, 0) is 31.1 Å². The van der Waals surface area contributed by atoms with Gasteiger partial charge in [-0.2, -0.15) is 0 Å². The van der Waals surface area contributed by atoms with Crippen LogP contribution < -0.4 is 0 Å². The maximum Gasteiger partial charge on any atom is 0.309 e. The van der Waals surface area contributed by atoms with E-state index < -0.39 is 0 Å². The van der Waals surface area contributed by atoms with Crippen molar-refractivity contribution in [3.63, 3.8) is 0 Å². The van der Waals surface area contributed by atoms with Crippen LogP contribution in [0.1, 0.15) is 12.8 Å². The Morgan fingerprint density at radius 3 is 3.27 bits per heavy atom. The zero-order valence-electron chi connectivity index (χ0n) is 6.32. The summed E-state index contributed by atoms with van der Waals surface area (Å²) in [6.07, 6.45) is 4.79. The summed E-state index contributed by atoms with van der Waals surface area (Å²) in [4.78, 5) is 11.2. The summed E-state index contributed by atoms with van der Waals surface area (Å²) < 4.78 is 5.04. The summed E-state index contributed by atoms with van der Waals surface area (Å²) in [5, 5.41) is 0. The molecule has 0 aromatic carbocycles. The molecule has 1 saturated heterocycles. The summed E-state index contributed by atoms with van der Waals surface area (Å²) in [7, 11) is 0. The average molecular weight is 151 g/mol. The smallest absolute Gasteiger partial charge is 0.309 e. The number of esters is 1. The largest absolute Gasteiger partial charge is 0.465 e. The highest BCUT2D eigenvalue weighted by molar-refractivity contribution is 5.76. The van der Waals surface area contributed by atoms with E-state index in [0.29, 0.717) is 24.4 Å². The molecule has 4 atom stereocenters. The van der Waals surface area contributed by atoms with Crippen LogP contribution in [0.3, 0.4) is 0 Å². The maximum absolute atomic E-state index is 11.2. The fourth-order valence-electron chi connectivity index (χ4n) is 3.02. The minimum absolute atomic E-state index is 0.0793. The van der Waals surface area contributed by atoms with Gasteiger partial charge in [-0.1, -0.05) is 0 Å². The Morgan fingerprint density at radius 1 is 1.55 bits per heavy atom. The van der Waals surface area contributed by atoms with Gasteiger partial charge < -0.3 is 4.74 Å². The van der Waals surface area contributed by atoms with Gasteiger partial charge in [0.15, 0.2) is 0 Å². The van der Waals surface area contributed by atoms with Gasteiger partial charge in [0, 0.05) is 5.92 Å². The van der Waals surface area contributed by atoms with E-state index in [1.54, 1.807) is 0 Å². The van der Waals surface area contributed by atoms with Gasteiger partial charge in [-0.25, -0.2) is 0 Å². The van der Waals surface area contributed by atoms with Crippen LogP contribution in [-0.4, -0.2) is 12.6 Å².